The second kappa shape index (κ2) is 10.8. The van der Waals surface area contributed by atoms with Crippen molar-refractivity contribution in [3.8, 4) is 11.5 Å². The Labute approximate surface area is 224 Å². The quantitative estimate of drug-likeness (QED) is 0.339. The van der Waals surface area contributed by atoms with E-state index in [9.17, 15) is 9.90 Å². The summed E-state index contributed by atoms with van der Waals surface area (Å²) in [5.74, 6) is 1.95. The summed E-state index contributed by atoms with van der Waals surface area (Å²) >= 11 is 1.18. The van der Waals surface area contributed by atoms with Gasteiger partial charge in [-0.25, -0.2) is 19.7 Å². The van der Waals surface area contributed by atoms with Gasteiger partial charge in [0.1, 0.15) is 28.1 Å². The Hall–Kier alpha value is -3.93. The molecule has 2 aromatic carbocycles. The molecule has 1 aliphatic heterocycles. The van der Waals surface area contributed by atoms with E-state index < -0.39 is 11.6 Å². The fourth-order valence-corrected chi connectivity index (χ4v) is 5.22. The molecule has 11 heteroatoms. The lowest BCUT2D eigenvalue weighted by molar-refractivity contribution is 0.108. The highest BCUT2D eigenvalue weighted by Crippen LogP contribution is 2.33. The van der Waals surface area contributed by atoms with Crippen LogP contribution in [0.4, 0.5) is 10.7 Å². The van der Waals surface area contributed by atoms with Crippen molar-refractivity contribution in [1.82, 2.24) is 29.5 Å². The summed E-state index contributed by atoms with van der Waals surface area (Å²) in [5, 5.41) is 17.8. The number of benzene rings is 2. The van der Waals surface area contributed by atoms with E-state index in [1.807, 2.05) is 57.2 Å². The van der Waals surface area contributed by atoms with Gasteiger partial charge in [0, 0.05) is 31.0 Å². The van der Waals surface area contributed by atoms with E-state index >= 15 is 0 Å². The molecule has 2 aromatic heterocycles. The van der Waals surface area contributed by atoms with E-state index in [0.29, 0.717) is 36.0 Å². The van der Waals surface area contributed by atoms with E-state index in [2.05, 4.69) is 30.0 Å². The van der Waals surface area contributed by atoms with Crippen molar-refractivity contribution in [2.75, 3.05) is 25.0 Å². The third-order valence-electron chi connectivity index (χ3n) is 6.35. The number of hydrogen-bond donors (Lipinski definition) is 3. The number of hydrogen-bond acceptors (Lipinski definition) is 9. The molecule has 0 bridgehead atoms. The SMILES string of the molecule is Cc1cc(C)nc(NC(=O)N2CCNCC2(C)c2nc(C(O)c3ccc(Oc4ccccc4)cc3)ns2)n1. The van der Waals surface area contributed by atoms with Crippen LogP contribution in [0.2, 0.25) is 0 Å². The fraction of sp³-hybridized carbons (Fsp3) is 0.296. The standard InChI is InChI=1S/C27H29N7O3S/c1-17-15-18(2)30-25(29-17)32-26(36)34-14-13-28-16-27(34,3)24-31-23(33-38-24)22(35)19-9-11-21(12-10-19)37-20-7-5-4-6-8-20/h4-12,15,22,28,35H,13-14,16H2,1-3H3,(H,29,30,32,36). The minimum atomic E-state index is -1.02. The number of aliphatic hydroxyl groups is 1. The number of nitrogens with one attached hydrogen (secondary N) is 2. The van der Waals surface area contributed by atoms with Gasteiger partial charge in [-0.15, -0.1) is 0 Å². The lowest BCUT2D eigenvalue weighted by Crippen LogP contribution is -2.60. The molecular formula is C27H29N7O3S. The summed E-state index contributed by atoms with van der Waals surface area (Å²) < 4.78 is 10.3. The summed E-state index contributed by atoms with van der Waals surface area (Å²) in [6.07, 6.45) is -1.02. The number of anilines is 1. The molecule has 1 saturated heterocycles. The highest BCUT2D eigenvalue weighted by Gasteiger charge is 2.42. The number of para-hydroxylation sites is 1. The number of ether oxygens (including phenoxy) is 1. The number of amides is 2. The van der Waals surface area contributed by atoms with Gasteiger partial charge in [-0.1, -0.05) is 30.3 Å². The van der Waals surface area contributed by atoms with Gasteiger partial charge < -0.3 is 20.1 Å². The molecule has 10 nitrogen and oxygen atoms in total. The van der Waals surface area contributed by atoms with Gasteiger partial charge in [0.15, 0.2) is 5.82 Å². The number of aliphatic hydroxyl groups excluding tert-OH is 1. The predicted molar refractivity (Wildman–Crippen MR) is 144 cm³/mol. The molecule has 2 amide bonds. The summed E-state index contributed by atoms with van der Waals surface area (Å²) in [5.41, 5.74) is 1.42. The number of rotatable bonds is 6. The first-order valence-electron chi connectivity index (χ1n) is 12.3. The molecule has 0 radical (unpaired) electrons. The lowest BCUT2D eigenvalue weighted by Gasteiger charge is -2.43. The van der Waals surface area contributed by atoms with Gasteiger partial charge in [-0.05, 0) is 68.2 Å². The molecular weight excluding hydrogens is 502 g/mol. The van der Waals surface area contributed by atoms with Gasteiger partial charge in [0.05, 0.1) is 0 Å². The number of carbonyl (C=O) groups excluding carboxylic acids is 1. The zero-order chi connectivity index (χ0) is 26.7. The highest BCUT2D eigenvalue weighted by molar-refractivity contribution is 7.05. The maximum atomic E-state index is 13.3. The summed E-state index contributed by atoms with van der Waals surface area (Å²) in [7, 11) is 0. The average molecular weight is 532 g/mol. The first-order valence-corrected chi connectivity index (χ1v) is 13.1. The van der Waals surface area contributed by atoms with Crippen molar-refractivity contribution in [2.24, 2.45) is 0 Å². The van der Waals surface area contributed by atoms with Crippen LogP contribution in [0.1, 0.15) is 40.8 Å². The molecule has 2 atom stereocenters. The molecule has 1 aliphatic rings. The van der Waals surface area contributed by atoms with Gasteiger partial charge in [0.25, 0.3) is 0 Å². The van der Waals surface area contributed by atoms with Gasteiger partial charge in [-0.2, -0.15) is 4.37 Å². The third-order valence-corrected chi connectivity index (χ3v) is 7.33. The minimum Gasteiger partial charge on any atom is -0.457 e. The topological polar surface area (TPSA) is 125 Å². The van der Waals surface area contributed by atoms with Gasteiger partial charge >= 0.3 is 6.03 Å². The van der Waals surface area contributed by atoms with Crippen LogP contribution in [0.15, 0.2) is 60.7 Å². The third kappa shape index (κ3) is 5.49. The molecule has 4 aromatic rings. The number of piperazine rings is 1. The van der Waals surface area contributed by atoms with Crippen LogP contribution < -0.4 is 15.4 Å². The normalized spacial score (nSPS) is 18.2. The molecule has 0 aliphatic carbocycles. The van der Waals surface area contributed by atoms with E-state index in [4.69, 9.17) is 4.74 Å². The maximum Gasteiger partial charge on any atom is 0.325 e. The average Bonchev–Trinajstić information content (AvgIpc) is 3.40. The van der Waals surface area contributed by atoms with E-state index in [0.717, 1.165) is 17.1 Å². The molecule has 0 saturated carbocycles. The summed E-state index contributed by atoms with van der Waals surface area (Å²) in [6.45, 7) is 7.25. The molecule has 0 spiro atoms. The molecule has 196 valence electrons. The largest absolute Gasteiger partial charge is 0.457 e. The number of aryl methyl sites for hydroxylation is 2. The second-order valence-electron chi connectivity index (χ2n) is 9.35. The van der Waals surface area contributed by atoms with Crippen molar-refractivity contribution in [3.63, 3.8) is 0 Å². The number of urea groups is 1. The Morgan fingerprint density at radius 3 is 2.47 bits per heavy atom. The van der Waals surface area contributed by atoms with Crippen molar-refractivity contribution in [2.45, 2.75) is 32.4 Å². The Morgan fingerprint density at radius 2 is 1.76 bits per heavy atom. The first-order chi connectivity index (χ1) is 18.3. The van der Waals surface area contributed by atoms with Crippen molar-refractivity contribution < 1.29 is 14.6 Å². The van der Waals surface area contributed by atoms with Crippen LogP contribution in [0, 0.1) is 13.8 Å². The monoisotopic (exact) mass is 531 g/mol. The van der Waals surface area contributed by atoms with Crippen LogP contribution in [-0.4, -0.2) is 55.0 Å². The van der Waals surface area contributed by atoms with Crippen LogP contribution in [0.5, 0.6) is 11.5 Å². The predicted octanol–water partition coefficient (Wildman–Crippen LogP) is 4.17. The first kappa shape index (κ1) is 25.7. The van der Waals surface area contributed by atoms with Gasteiger partial charge in [0.2, 0.25) is 5.95 Å². The molecule has 3 heterocycles. The van der Waals surface area contributed by atoms with Crippen LogP contribution in [0.25, 0.3) is 0 Å². The van der Waals surface area contributed by atoms with E-state index in [1.54, 1.807) is 29.2 Å². The Morgan fingerprint density at radius 1 is 1.08 bits per heavy atom. The van der Waals surface area contributed by atoms with Crippen LogP contribution >= 0.6 is 11.5 Å². The van der Waals surface area contributed by atoms with Crippen molar-refractivity contribution in [1.29, 1.82) is 0 Å². The highest BCUT2D eigenvalue weighted by atomic mass is 32.1. The molecule has 2 unspecified atom stereocenters. The minimum absolute atomic E-state index is 0.265. The number of carbonyl (C=O) groups is 1. The van der Waals surface area contributed by atoms with Gasteiger partial charge in [-0.3, -0.25) is 5.32 Å². The Balaban J connectivity index is 1.32. The van der Waals surface area contributed by atoms with Crippen LogP contribution in [-0.2, 0) is 5.54 Å². The Bertz CT molecular complexity index is 1390. The molecule has 3 N–H and O–H groups in total. The lowest BCUT2D eigenvalue weighted by atomic mass is 9.98. The molecule has 1 fully saturated rings. The second-order valence-corrected chi connectivity index (χ2v) is 10.1. The smallest absolute Gasteiger partial charge is 0.325 e. The van der Waals surface area contributed by atoms with E-state index in [-0.39, 0.29) is 17.8 Å². The number of nitrogens with zero attached hydrogens (tertiary/aromatic N) is 5. The Kier molecular flexibility index (Phi) is 7.32. The van der Waals surface area contributed by atoms with E-state index in [1.165, 1.54) is 11.5 Å². The maximum absolute atomic E-state index is 13.3. The van der Waals surface area contributed by atoms with Crippen LogP contribution in [0.3, 0.4) is 0 Å². The summed E-state index contributed by atoms with van der Waals surface area (Å²) in [6, 6.07) is 18.2. The van der Waals surface area contributed by atoms with Crippen molar-refractivity contribution in [3.05, 3.63) is 88.4 Å². The summed E-state index contributed by atoms with van der Waals surface area (Å²) in [4.78, 5) is 28.4. The molecule has 38 heavy (non-hydrogen) atoms. The molecule has 5 rings (SSSR count). The van der Waals surface area contributed by atoms with Crippen molar-refractivity contribution >= 4 is 23.5 Å². The fourth-order valence-electron chi connectivity index (χ4n) is 4.38. The zero-order valence-corrected chi connectivity index (χ0v) is 22.2. The zero-order valence-electron chi connectivity index (χ0n) is 21.4. The number of aromatic nitrogens is 4.